The summed E-state index contributed by atoms with van der Waals surface area (Å²) in [5.74, 6) is 0.946. The van der Waals surface area contributed by atoms with Crippen molar-refractivity contribution in [3.05, 3.63) is 42.0 Å². The van der Waals surface area contributed by atoms with Gasteiger partial charge in [0.05, 0.1) is 0 Å². The molecule has 1 N–H and O–H groups in total. The average Bonchev–Trinajstić information content (AvgIpc) is 2.40. The molecule has 3 nitrogen and oxygen atoms in total. The number of nitrogens with zero attached hydrogens (tertiary/aromatic N) is 1. The number of nitrogens with one attached hydrogen (secondary N) is 1. The van der Waals surface area contributed by atoms with Crippen LogP contribution < -0.4 is 10.1 Å². The van der Waals surface area contributed by atoms with Crippen LogP contribution in [0.25, 0.3) is 0 Å². The molecule has 0 saturated carbocycles. The third-order valence-corrected chi connectivity index (χ3v) is 3.08. The van der Waals surface area contributed by atoms with Crippen LogP contribution in [0.3, 0.4) is 0 Å². The van der Waals surface area contributed by atoms with Crippen LogP contribution in [-0.4, -0.2) is 44.2 Å². The summed E-state index contributed by atoms with van der Waals surface area (Å²) >= 11 is 0. The molecule has 1 aliphatic rings. The Labute approximate surface area is 109 Å². The lowest BCUT2D eigenvalue weighted by Crippen LogP contribution is -2.43. The highest BCUT2D eigenvalue weighted by Crippen LogP contribution is 2.11. The molecule has 3 heteroatoms. The summed E-state index contributed by atoms with van der Waals surface area (Å²) in [6, 6.07) is 8.16. The lowest BCUT2D eigenvalue weighted by Gasteiger charge is -2.25. The van der Waals surface area contributed by atoms with Crippen molar-refractivity contribution >= 4 is 0 Å². The lowest BCUT2D eigenvalue weighted by molar-refractivity contribution is 0.264. The summed E-state index contributed by atoms with van der Waals surface area (Å²) in [7, 11) is 0. The van der Waals surface area contributed by atoms with Crippen LogP contribution in [-0.2, 0) is 0 Å². The molecule has 0 amide bonds. The third-order valence-electron chi connectivity index (χ3n) is 3.08. The molecule has 1 saturated heterocycles. The van der Waals surface area contributed by atoms with E-state index in [4.69, 9.17) is 4.74 Å². The van der Waals surface area contributed by atoms with E-state index in [2.05, 4.69) is 41.4 Å². The van der Waals surface area contributed by atoms with Gasteiger partial charge in [-0.25, -0.2) is 0 Å². The molecule has 1 aliphatic heterocycles. The van der Waals surface area contributed by atoms with Gasteiger partial charge in [-0.2, -0.15) is 0 Å². The van der Waals surface area contributed by atoms with Crippen LogP contribution in [0.15, 0.2) is 36.4 Å². The molecule has 0 bridgehead atoms. The first-order chi connectivity index (χ1) is 8.84. The van der Waals surface area contributed by atoms with Gasteiger partial charge in [0.15, 0.2) is 0 Å². The van der Waals surface area contributed by atoms with Crippen molar-refractivity contribution in [2.24, 2.45) is 0 Å². The predicted molar refractivity (Wildman–Crippen MR) is 75.1 cm³/mol. The SMILES string of the molecule is Cc1cccc(OC/C=C/CN2CCNCC2)c1. The molecule has 0 atom stereocenters. The number of ether oxygens (including phenoxy) is 1. The van der Waals surface area contributed by atoms with Gasteiger partial charge in [-0.1, -0.05) is 24.3 Å². The van der Waals surface area contributed by atoms with Gasteiger partial charge in [0.2, 0.25) is 0 Å². The van der Waals surface area contributed by atoms with Crippen LogP contribution >= 0.6 is 0 Å². The monoisotopic (exact) mass is 246 g/mol. The normalized spacial score (nSPS) is 17.2. The first-order valence-corrected chi connectivity index (χ1v) is 6.62. The number of benzene rings is 1. The fourth-order valence-electron chi connectivity index (χ4n) is 2.03. The molecule has 1 aromatic rings. The predicted octanol–water partition coefficient (Wildman–Crippen LogP) is 1.84. The molecule has 0 radical (unpaired) electrons. The van der Waals surface area contributed by atoms with Crippen molar-refractivity contribution < 1.29 is 4.74 Å². The minimum Gasteiger partial charge on any atom is -0.490 e. The van der Waals surface area contributed by atoms with E-state index in [1.165, 1.54) is 5.56 Å². The molecular formula is C15H22N2O. The van der Waals surface area contributed by atoms with E-state index in [9.17, 15) is 0 Å². The van der Waals surface area contributed by atoms with Crippen LogP contribution in [0.5, 0.6) is 5.75 Å². The highest BCUT2D eigenvalue weighted by atomic mass is 16.5. The molecule has 1 heterocycles. The molecule has 2 rings (SSSR count). The van der Waals surface area contributed by atoms with E-state index < -0.39 is 0 Å². The summed E-state index contributed by atoms with van der Waals surface area (Å²) in [4.78, 5) is 2.44. The minimum atomic E-state index is 0.648. The van der Waals surface area contributed by atoms with Gasteiger partial charge in [0, 0.05) is 32.7 Å². The quantitative estimate of drug-likeness (QED) is 0.802. The zero-order valence-corrected chi connectivity index (χ0v) is 11.1. The second-order valence-electron chi connectivity index (χ2n) is 4.65. The molecule has 18 heavy (non-hydrogen) atoms. The van der Waals surface area contributed by atoms with Crippen molar-refractivity contribution in [1.82, 2.24) is 10.2 Å². The Bertz CT molecular complexity index is 384. The van der Waals surface area contributed by atoms with Crippen LogP contribution in [0.4, 0.5) is 0 Å². The van der Waals surface area contributed by atoms with Crippen molar-refractivity contribution in [2.45, 2.75) is 6.92 Å². The molecule has 0 unspecified atom stereocenters. The Morgan fingerprint density at radius 1 is 1.28 bits per heavy atom. The summed E-state index contributed by atoms with van der Waals surface area (Å²) in [6.45, 7) is 8.24. The summed E-state index contributed by atoms with van der Waals surface area (Å²) in [5, 5.41) is 3.35. The maximum absolute atomic E-state index is 5.66. The summed E-state index contributed by atoms with van der Waals surface area (Å²) < 4.78 is 5.66. The largest absolute Gasteiger partial charge is 0.490 e. The van der Waals surface area contributed by atoms with Gasteiger partial charge in [-0.05, 0) is 24.6 Å². The third kappa shape index (κ3) is 4.51. The van der Waals surface area contributed by atoms with Gasteiger partial charge >= 0.3 is 0 Å². The van der Waals surface area contributed by atoms with E-state index in [1.807, 2.05) is 12.1 Å². The Hall–Kier alpha value is -1.32. The smallest absolute Gasteiger partial charge is 0.120 e. The van der Waals surface area contributed by atoms with E-state index in [-0.39, 0.29) is 0 Å². The van der Waals surface area contributed by atoms with Crippen molar-refractivity contribution in [3.63, 3.8) is 0 Å². The van der Waals surface area contributed by atoms with Gasteiger partial charge in [0.25, 0.3) is 0 Å². The zero-order valence-electron chi connectivity index (χ0n) is 11.1. The fraction of sp³-hybridized carbons (Fsp3) is 0.467. The Morgan fingerprint density at radius 3 is 2.89 bits per heavy atom. The van der Waals surface area contributed by atoms with Gasteiger partial charge < -0.3 is 10.1 Å². The van der Waals surface area contributed by atoms with Crippen LogP contribution in [0.2, 0.25) is 0 Å². The number of hydrogen-bond donors (Lipinski definition) is 1. The lowest BCUT2D eigenvalue weighted by atomic mass is 10.2. The second kappa shape index (κ2) is 7.19. The number of rotatable bonds is 5. The van der Waals surface area contributed by atoms with Crippen LogP contribution in [0, 0.1) is 6.92 Å². The molecule has 98 valence electrons. The molecule has 1 aromatic carbocycles. The number of piperazine rings is 1. The molecular weight excluding hydrogens is 224 g/mol. The average molecular weight is 246 g/mol. The Kier molecular flexibility index (Phi) is 5.24. The first kappa shape index (κ1) is 13.1. The van der Waals surface area contributed by atoms with E-state index >= 15 is 0 Å². The van der Waals surface area contributed by atoms with Gasteiger partial charge in [-0.3, -0.25) is 4.90 Å². The molecule has 1 fully saturated rings. The number of aryl methyl sites for hydroxylation is 1. The van der Waals surface area contributed by atoms with Crippen molar-refractivity contribution in [1.29, 1.82) is 0 Å². The Morgan fingerprint density at radius 2 is 2.11 bits per heavy atom. The molecule has 0 aromatic heterocycles. The standard InChI is InChI=1S/C15H22N2O/c1-14-5-4-6-15(13-14)18-12-3-2-9-17-10-7-16-8-11-17/h2-6,13,16H,7-12H2,1H3/b3-2+. The fourth-order valence-corrected chi connectivity index (χ4v) is 2.03. The van der Waals surface area contributed by atoms with E-state index in [0.29, 0.717) is 6.61 Å². The van der Waals surface area contributed by atoms with E-state index in [1.54, 1.807) is 0 Å². The maximum Gasteiger partial charge on any atom is 0.120 e. The summed E-state index contributed by atoms with van der Waals surface area (Å²) in [5.41, 5.74) is 1.23. The highest BCUT2D eigenvalue weighted by molar-refractivity contribution is 5.27. The molecule has 0 aliphatic carbocycles. The van der Waals surface area contributed by atoms with Gasteiger partial charge in [-0.15, -0.1) is 0 Å². The second-order valence-corrected chi connectivity index (χ2v) is 4.65. The maximum atomic E-state index is 5.66. The van der Waals surface area contributed by atoms with Gasteiger partial charge in [0.1, 0.15) is 12.4 Å². The minimum absolute atomic E-state index is 0.648. The Balaban J connectivity index is 1.65. The van der Waals surface area contributed by atoms with E-state index in [0.717, 1.165) is 38.5 Å². The van der Waals surface area contributed by atoms with Crippen LogP contribution in [0.1, 0.15) is 5.56 Å². The topological polar surface area (TPSA) is 24.5 Å². The van der Waals surface area contributed by atoms with Crippen molar-refractivity contribution in [3.8, 4) is 5.75 Å². The highest BCUT2D eigenvalue weighted by Gasteiger charge is 2.06. The first-order valence-electron chi connectivity index (χ1n) is 6.62. The molecule has 0 spiro atoms. The number of hydrogen-bond acceptors (Lipinski definition) is 3. The summed E-state index contributed by atoms with van der Waals surface area (Å²) in [6.07, 6.45) is 4.30. The van der Waals surface area contributed by atoms with Crippen molar-refractivity contribution in [2.75, 3.05) is 39.3 Å². The zero-order chi connectivity index (χ0) is 12.6.